The molecule has 2 atom stereocenters. The number of carbonyl (C=O) groups is 2. The van der Waals surface area contributed by atoms with Crippen molar-refractivity contribution < 1.29 is 19.1 Å². The second-order valence-electron chi connectivity index (χ2n) is 11.5. The topological polar surface area (TPSA) is 91.0 Å². The van der Waals surface area contributed by atoms with Crippen molar-refractivity contribution in [3.05, 3.63) is 53.6 Å². The summed E-state index contributed by atoms with van der Waals surface area (Å²) in [5.74, 6) is -0.701. The van der Waals surface area contributed by atoms with Gasteiger partial charge in [0.05, 0.1) is 11.9 Å². The van der Waals surface area contributed by atoms with E-state index in [9.17, 15) is 19.1 Å². The number of amides is 2. The molecule has 37 heavy (non-hydrogen) atoms. The zero-order valence-electron chi connectivity index (χ0n) is 22.4. The minimum atomic E-state index is -1.06. The fraction of sp³-hybridized carbons (Fsp3) is 0.500. The van der Waals surface area contributed by atoms with Crippen molar-refractivity contribution in [3.8, 4) is 11.3 Å². The lowest BCUT2D eigenvalue weighted by Gasteiger charge is -2.40. The Labute approximate surface area is 217 Å². The van der Waals surface area contributed by atoms with Gasteiger partial charge in [0.1, 0.15) is 17.6 Å². The van der Waals surface area contributed by atoms with Crippen LogP contribution in [0.15, 0.2) is 36.5 Å². The molecule has 9 heteroatoms. The molecule has 8 nitrogen and oxygen atoms in total. The lowest BCUT2D eigenvalue weighted by Crippen LogP contribution is -2.57. The SMILES string of the molecule is CC(C)c1cc(-c2ccc(F)cc2)nn2cc(C(=O)N3CCN(C(=O)[C@H](O)CC(C)(C)C)[C@@H](C)C3)nc12. The minimum absolute atomic E-state index is 0.129. The van der Waals surface area contributed by atoms with Crippen LogP contribution >= 0.6 is 0 Å². The van der Waals surface area contributed by atoms with E-state index in [1.165, 1.54) is 12.1 Å². The van der Waals surface area contributed by atoms with Gasteiger partial charge in [-0.15, -0.1) is 0 Å². The molecular weight excluding hydrogens is 473 g/mol. The highest BCUT2D eigenvalue weighted by Gasteiger charge is 2.35. The van der Waals surface area contributed by atoms with Crippen LogP contribution in [0.4, 0.5) is 4.39 Å². The van der Waals surface area contributed by atoms with Crippen molar-refractivity contribution in [1.82, 2.24) is 24.4 Å². The summed E-state index contributed by atoms with van der Waals surface area (Å²) in [4.78, 5) is 34.3. The first kappa shape index (κ1) is 26.7. The van der Waals surface area contributed by atoms with Crippen LogP contribution in [0.25, 0.3) is 16.9 Å². The summed E-state index contributed by atoms with van der Waals surface area (Å²) in [6.07, 6.45) is 0.953. The maximum absolute atomic E-state index is 13.4. The fourth-order valence-corrected chi connectivity index (χ4v) is 4.78. The molecule has 1 fully saturated rings. The number of piperazine rings is 1. The van der Waals surface area contributed by atoms with Gasteiger partial charge in [0.25, 0.3) is 11.8 Å². The van der Waals surface area contributed by atoms with Crippen LogP contribution in [0.3, 0.4) is 0 Å². The van der Waals surface area contributed by atoms with Crippen molar-refractivity contribution in [2.75, 3.05) is 19.6 Å². The van der Waals surface area contributed by atoms with E-state index < -0.39 is 6.10 Å². The van der Waals surface area contributed by atoms with Gasteiger partial charge in [-0.05, 0) is 55.0 Å². The number of nitrogens with zero attached hydrogens (tertiary/aromatic N) is 5. The van der Waals surface area contributed by atoms with Gasteiger partial charge in [-0.25, -0.2) is 13.9 Å². The predicted octanol–water partition coefficient (Wildman–Crippen LogP) is 4.13. The van der Waals surface area contributed by atoms with Gasteiger partial charge < -0.3 is 14.9 Å². The van der Waals surface area contributed by atoms with E-state index in [-0.39, 0.29) is 40.7 Å². The molecule has 1 N–H and O–H groups in total. The Morgan fingerprint density at radius 2 is 1.84 bits per heavy atom. The van der Waals surface area contributed by atoms with Crippen molar-refractivity contribution in [3.63, 3.8) is 0 Å². The summed E-state index contributed by atoms with van der Waals surface area (Å²) in [7, 11) is 0. The van der Waals surface area contributed by atoms with E-state index in [1.807, 2.05) is 47.6 Å². The Bertz CT molecular complexity index is 1300. The van der Waals surface area contributed by atoms with E-state index in [0.717, 1.165) is 11.1 Å². The molecule has 0 aliphatic carbocycles. The third kappa shape index (κ3) is 5.82. The summed E-state index contributed by atoms with van der Waals surface area (Å²) in [5.41, 5.74) is 3.10. The number of aromatic nitrogens is 3. The first-order valence-corrected chi connectivity index (χ1v) is 12.8. The molecule has 4 rings (SSSR count). The van der Waals surface area contributed by atoms with Crippen LogP contribution in [0.5, 0.6) is 0 Å². The molecular formula is C28H36FN5O3. The number of benzene rings is 1. The number of hydrogen-bond acceptors (Lipinski definition) is 5. The Balaban J connectivity index is 1.55. The lowest BCUT2D eigenvalue weighted by atomic mass is 9.88. The molecule has 3 aromatic rings. The highest BCUT2D eigenvalue weighted by Crippen LogP contribution is 2.27. The molecule has 3 heterocycles. The highest BCUT2D eigenvalue weighted by molar-refractivity contribution is 5.93. The molecule has 0 radical (unpaired) electrons. The van der Waals surface area contributed by atoms with Crippen molar-refractivity contribution >= 4 is 17.5 Å². The van der Waals surface area contributed by atoms with Crippen LogP contribution in [0.1, 0.15) is 69.9 Å². The van der Waals surface area contributed by atoms with E-state index in [4.69, 9.17) is 0 Å². The lowest BCUT2D eigenvalue weighted by molar-refractivity contribution is -0.145. The number of aliphatic hydroxyl groups is 1. The number of hydrogen-bond donors (Lipinski definition) is 1. The molecule has 2 aromatic heterocycles. The number of carbonyl (C=O) groups excluding carboxylic acids is 2. The van der Waals surface area contributed by atoms with Gasteiger partial charge in [-0.2, -0.15) is 5.10 Å². The number of halogens is 1. The number of imidazole rings is 1. The number of fused-ring (bicyclic) bond motifs is 1. The second kappa shape index (κ2) is 10.2. The highest BCUT2D eigenvalue weighted by atomic mass is 19.1. The van der Waals surface area contributed by atoms with Gasteiger partial charge in [-0.1, -0.05) is 34.6 Å². The monoisotopic (exact) mass is 509 g/mol. The van der Waals surface area contributed by atoms with Crippen LogP contribution in [0.2, 0.25) is 0 Å². The average Bonchev–Trinajstić information content (AvgIpc) is 3.26. The summed E-state index contributed by atoms with van der Waals surface area (Å²) in [6.45, 7) is 13.0. The van der Waals surface area contributed by atoms with E-state index in [2.05, 4.69) is 10.1 Å². The standard InChI is InChI=1S/C28H36FN5O3/c1-17(2)21-13-22(19-7-9-20(29)10-8-19)31-34-16-23(30-25(21)34)26(36)32-11-12-33(18(3)15-32)27(37)24(35)14-28(4,5)6/h7-10,13,16-18,24,35H,11-12,14-15H2,1-6H3/t18-,24+/m0/s1. The minimum Gasteiger partial charge on any atom is -0.383 e. The van der Waals surface area contributed by atoms with Crippen LogP contribution in [-0.4, -0.2) is 73.1 Å². The smallest absolute Gasteiger partial charge is 0.274 e. The van der Waals surface area contributed by atoms with E-state index in [1.54, 1.807) is 32.6 Å². The van der Waals surface area contributed by atoms with Gasteiger partial charge in [-0.3, -0.25) is 9.59 Å². The third-order valence-electron chi connectivity index (χ3n) is 6.72. The van der Waals surface area contributed by atoms with Gasteiger partial charge in [0, 0.05) is 36.8 Å². The predicted molar refractivity (Wildman–Crippen MR) is 140 cm³/mol. The summed E-state index contributed by atoms with van der Waals surface area (Å²) in [5, 5.41) is 15.1. The molecule has 1 aromatic carbocycles. The summed E-state index contributed by atoms with van der Waals surface area (Å²) < 4.78 is 15.0. The zero-order chi connectivity index (χ0) is 27.1. The average molecular weight is 510 g/mol. The maximum atomic E-state index is 13.4. The fourth-order valence-electron chi connectivity index (χ4n) is 4.78. The van der Waals surface area contributed by atoms with E-state index in [0.29, 0.717) is 37.4 Å². The third-order valence-corrected chi connectivity index (χ3v) is 6.72. The van der Waals surface area contributed by atoms with Crippen LogP contribution < -0.4 is 0 Å². The first-order valence-electron chi connectivity index (χ1n) is 12.8. The Hall–Kier alpha value is -3.33. The Morgan fingerprint density at radius 3 is 2.43 bits per heavy atom. The Morgan fingerprint density at radius 1 is 1.16 bits per heavy atom. The quantitative estimate of drug-likeness (QED) is 0.559. The van der Waals surface area contributed by atoms with Gasteiger partial charge in [0.2, 0.25) is 0 Å². The normalized spacial score (nSPS) is 17.5. The molecule has 1 saturated heterocycles. The molecule has 198 valence electrons. The van der Waals surface area contributed by atoms with Gasteiger partial charge >= 0.3 is 0 Å². The molecule has 1 aliphatic rings. The molecule has 1 aliphatic heterocycles. The van der Waals surface area contributed by atoms with Gasteiger partial charge in [0.15, 0.2) is 5.65 Å². The molecule has 0 bridgehead atoms. The van der Waals surface area contributed by atoms with Crippen LogP contribution in [-0.2, 0) is 4.79 Å². The summed E-state index contributed by atoms with van der Waals surface area (Å²) >= 11 is 0. The van der Waals surface area contributed by atoms with Crippen LogP contribution in [0, 0.1) is 11.2 Å². The second-order valence-corrected chi connectivity index (χ2v) is 11.5. The number of rotatable bonds is 5. The maximum Gasteiger partial charge on any atom is 0.274 e. The zero-order valence-corrected chi connectivity index (χ0v) is 22.4. The number of aliphatic hydroxyl groups excluding tert-OH is 1. The molecule has 0 unspecified atom stereocenters. The Kier molecular flexibility index (Phi) is 7.37. The summed E-state index contributed by atoms with van der Waals surface area (Å²) in [6, 6.07) is 7.85. The molecule has 0 saturated carbocycles. The first-order chi connectivity index (χ1) is 17.3. The van der Waals surface area contributed by atoms with Crippen molar-refractivity contribution in [1.29, 1.82) is 0 Å². The van der Waals surface area contributed by atoms with Crippen molar-refractivity contribution in [2.45, 2.75) is 66.0 Å². The van der Waals surface area contributed by atoms with E-state index >= 15 is 0 Å². The molecule has 2 amide bonds. The largest absolute Gasteiger partial charge is 0.383 e. The van der Waals surface area contributed by atoms with Crippen molar-refractivity contribution in [2.24, 2.45) is 5.41 Å². The molecule has 0 spiro atoms.